The van der Waals surface area contributed by atoms with Crippen LogP contribution in [-0.2, 0) is 4.79 Å². The molecule has 0 saturated carbocycles. The van der Waals surface area contributed by atoms with E-state index in [1.807, 2.05) is 0 Å². The Labute approximate surface area is 107 Å². The first-order valence-corrected chi connectivity index (χ1v) is 6.44. The summed E-state index contributed by atoms with van der Waals surface area (Å²) in [5.74, 6) is -0.326. The van der Waals surface area contributed by atoms with Gasteiger partial charge in [0.15, 0.2) is 0 Å². The molecule has 1 unspecified atom stereocenters. The minimum Gasteiger partial charge on any atom is -0.325 e. The third-order valence-corrected chi connectivity index (χ3v) is 3.42. The number of nitrogens with zero attached hydrogens (tertiary/aromatic N) is 1. The zero-order chi connectivity index (χ0) is 13.0. The molecular formula is C14H19FN2O. The molecule has 18 heavy (non-hydrogen) atoms. The van der Waals surface area contributed by atoms with Crippen molar-refractivity contribution < 1.29 is 9.18 Å². The lowest BCUT2D eigenvalue weighted by atomic mass is 10.0. The van der Waals surface area contributed by atoms with Gasteiger partial charge in [-0.15, -0.1) is 0 Å². The fourth-order valence-electron chi connectivity index (χ4n) is 2.31. The number of benzene rings is 1. The van der Waals surface area contributed by atoms with Crippen LogP contribution in [0.3, 0.4) is 0 Å². The molecule has 1 fully saturated rings. The van der Waals surface area contributed by atoms with E-state index in [-0.39, 0.29) is 11.7 Å². The Morgan fingerprint density at radius 2 is 2.11 bits per heavy atom. The predicted octanol–water partition coefficient (Wildman–Crippen LogP) is 2.64. The van der Waals surface area contributed by atoms with E-state index < -0.39 is 0 Å². The predicted molar refractivity (Wildman–Crippen MR) is 69.9 cm³/mol. The van der Waals surface area contributed by atoms with Gasteiger partial charge in [0.25, 0.3) is 0 Å². The van der Waals surface area contributed by atoms with Gasteiger partial charge in [0.2, 0.25) is 5.91 Å². The maximum Gasteiger partial charge on any atom is 0.238 e. The molecule has 0 spiro atoms. The first-order chi connectivity index (χ1) is 8.65. The molecule has 1 heterocycles. The van der Waals surface area contributed by atoms with E-state index >= 15 is 0 Å². The number of likely N-dealkylation sites (tertiary alicyclic amines) is 1. The van der Waals surface area contributed by atoms with Crippen LogP contribution in [-0.4, -0.2) is 29.9 Å². The Morgan fingerprint density at radius 1 is 1.39 bits per heavy atom. The number of carbonyl (C=O) groups is 1. The number of amides is 1. The normalized spacial score (nSPS) is 20.7. The van der Waals surface area contributed by atoms with Crippen LogP contribution >= 0.6 is 0 Å². The Kier molecular flexibility index (Phi) is 4.31. The average molecular weight is 250 g/mol. The molecule has 0 aromatic heterocycles. The smallest absolute Gasteiger partial charge is 0.238 e. The highest BCUT2D eigenvalue weighted by Crippen LogP contribution is 2.16. The second-order valence-electron chi connectivity index (χ2n) is 4.87. The number of carbonyl (C=O) groups excluding carboxylic acids is 1. The summed E-state index contributed by atoms with van der Waals surface area (Å²) in [6.07, 6.45) is 3.56. The zero-order valence-corrected chi connectivity index (χ0v) is 10.7. The van der Waals surface area contributed by atoms with Gasteiger partial charge in [-0.05, 0) is 50.6 Å². The standard InChI is InChI=1S/C14H19FN2O/c1-11-4-2-3-9-17(11)10-14(18)16-13-7-5-12(15)6-8-13/h5-8,11H,2-4,9-10H2,1H3,(H,16,18). The van der Waals surface area contributed by atoms with Crippen molar-refractivity contribution in [3.63, 3.8) is 0 Å². The van der Waals surface area contributed by atoms with Gasteiger partial charge in [0.1, 0.15) is 5.82 Å². The molecule has 1 aliphatic rings. The van der Waals surface area contributed by atoms with Crippen LogP contribution < -0.4 is 5.32 Å². The first kappa shape index (κ1) is 13.0. The molecule has 1 atom stereocenters. The van der Waals surface area contributed by atoms with E-state index in [0.29, 0.717) is 18.3 Å². The molecule has 3 nitrogen and oxygen atoms in total. The lowest BCUT2D eigenvalue weighted by Crippen LogP contribution is -2.42. The van der Waals surface area contributed by atoms with Gasteiger partial charge in [-0.1, -0.05) is 6.42 Å². The fraction of sp³-hybridized carbons (Fsp3) is 0.500. The fourth-order valence-corrected chi connectivity index (χ4v) is 2.31. The average Bonchev–Trinajstić information content (AvgIpc) is 2.35. The van der Waals surface area contributed by atoms with Gasteiger partial charge in [0, 0.05) is 11.7 Å². The third kappa shape index (κ3) is 3.53. The Hall–Kier alpha value is -1.42. The maximum absolute atomic E-state index is 12.7. The van der Waals surface area contributed by atoms with E-state index in [1.165, 1.54) is 18.6 Å². The van der Waals surface area contributed by atoms with Crippen molar-refractivity contribution >= 4 is 11.6 Å². The Bertz CT molecular complexity index is 405. The SMILES string of the molecule is CC1CCCCN1CC(=O)Nc1ccc(F)cc1. The number of hydrogen-bond donors (Lipinski definition) is 1. The first-order valence-electron chi connectivity index (χ1n) is 6.44. The minimum atomic E-state index is -0.294. The molecule has 0 radical (unpaired) electrons. The molecule has 0 aliphatic carbocycles. The minimum absolute atomic E-state index is 0.0321. The van der Waals surface area contributed by atoms with Crippen molar-refractivity contribution in [1.82, 2.24) is 4.90 Å². The van der Waals surface area contributed by atoms with E-state index in [0.717, 1.165) is 19.4 Å². The van der Waals surface area contributed by atoms with Gasteiger partial charge in [-0.3, -0.25) is 9.69 Å². The van der Waals surface area contributed by atoms with Gasteiger partial charge in [0.05, 0.1) is 6.54 Å². The highest BCUT2D eigenvalue weighted by atomic mass is 19.1. The summed E-state index contributed by atoms with van der Waals surface area (Å²) in [7, 11) is 0. The van der Waals surface area contributed by atoms with Crippen LogP contribution in [0.4, 0.5) is 10.1 Å². The molecule has 2 rings (SSSR count). The Balaban J connectivity index is 1.86. The molecule has 1 aliphatic heterocycles. The second kappa shape index (κ2) is 5.96. The summed E-state index contributed by atoms with van der Waals surface area (Å²) in [4.78, 5) is 14.1. The number of halogens is 1. The van der Waals surface area contributed by atoms with Crippen molar-refractivity contribution in [3.8, 4) is 0 Å². The van der Waals surface area contributed by atoms with E-state index in [2.05, 4.69) is 17.1 Å². The molecule has 0 bridgehead atoms. The van der Waals surface area contributed by atoms with Gasteiger partial charge < -0.3 is 5.32 Å². The zero-order valence-electron chi connectivity index (χ0n) is 10.7. The molecule has 1 aromatic carbocycles. The van der Waals surface area contributed by atoms with Crippen molar-refractivity contribution in [2.45, 2.75) is 32.2 Å². The highest BCUT2D eigenvalue weighted by molar-refractivity contribution is 5.92. The van der Waals surface area contributed by atoms with Crippen molar-refractivity contribution in [1.29, 1.82) is 0 Å². The van der Waals surface area contributed by atoms with Crippen molar-refractivity contribution in [2.24, 2.45) is 0 Å². The van der Waals surface area contributed by atoms with E-state index in [4.69, 9.17) is 0 Å². The van der Waals surface area contributed by atoms with Crippen LogP contribution in [0.2, 0.25) is 0 Å². The third-order valence-electron chi connectivity index (χ3n) is 3.42. The maximum atomic E-state index is 12.7. The molecule has 4 heteroatoms. The molecule has 1 aromatic rings. The summed E-state index contributed by atoms with van der Waals surface area (Å²) in [6.45, 7) is 3.56. The summed E-state index contributed by atoms with van der Waals surface area (Å²) >= 11 is 0. The highest BCUT2D eigenvalue weighted by Gasteiger charge is 2.20. The largest absolute Gasteiger partial charge is 0.325 e. The lowest BCUT2D eigenvalue weighted by molar-refractivity contribution is -0.118. The molecule has 1 N–H and O–H groups in total. The molecule has 1 saturated heterocycles. The van der Waals surface area contributed by atoms with Crippen LogP contribution in [0, 0.1) is 5.82 Å². The number of piperidine rings is 1. The summed E-state index contributed by atoms with van der Waals surface area (Å²) < 4.78 is 12.7. The van der Waals surface area contributed by atoms with E-state index in [9.17, 15) is 9.18 Å². The molecule has 1 amide bonds. The topological polar surface area (TPSA) is 32.3 Å². The van der Waals surface area contributed by atoms with E-state index in [1.54, 1.807) is 12.1 Å². The summed E-state index contributed by atoms with van der Waals surface area (Å²) in [5, 5.41) is 2.79. The lowest BCUT2D eigenvalue weighted by Gasteiger charge is -2.32. The summed E-state index contributed by atoms with van der Waals surface area (Å²) in [6, 6.07) is 6.32. The van der Waals surface area contributed by atoms with Gasteiger partial charge in [-0.2, -0.15) is 0 Å². The van der Waals surface area contributed by atoms with Gasteiger partial charge >= 0.3 is 0 Å². The molecular weight excluding hydrogens is 231 g/mol. The number of hydrogen-bond acceptors (Lipinski definition) is 2. The van der Waals surface area contributed by atoms with Gasteiger partial charge in [-0.25, -0.2) is 4.39 Å². The van der Waals surface area contributed by atoms with Crippen molar-refractivity contribution in [2.75, 3.05) is 18.4 Å². The number of nitrogens with one attached hydrogen (secondary N) is 1. The quantitative estimate of drug-likeness (QED) is 0.894. The van der Waals surface area contributed by atoms with Crippen molar-refractivity contribution in [3.05, 3.63) is 30.1 Å². The van der Waals surface area contributed by atoms with Crippen LogP contribution in [0.25, 0.3) is 0 Å². The second-order valence-corrected chi connectivity index (χ2v) is 4.87. The van der Waals surface area contributed by atoms with Crippen LogP contribution in [0.5, 0.6) is 0 Å². The number of anilines is 1. The van der Waals surface area contributed by atoms with Crippen LogP contribution in [0.1, 0.15) is 26.2 Å². The Morgan fingerprint density at radius 3 is 2.78 bits per heavy atom. The monoisotopic (exact) mass is 250 g/mol. The number of rotatable bonds is 3. The van der Waals surface area contributed by atoms with Crippen LogP contribution in [0.15, 0.2) is 24.3 Å². The molecule has 98 valence electrons. The summed E-state index contributed by atoms with van der Waals surface area (Å²) in [5.41, 5.74) is 0.645.